The molecule has 0 radical (unpaired) electrons. The smallest absolute Gasteiger partial charge is 0.416 e. The molecule has 2 rings (SSSR count). The van der Waals surface area contributed by atoms with E-state index in [9.17, 15) is 18.0 Å². The molecule has 1 saturated heterocycles. The number of carbonyl (C=O) groups is 1. The summed E-state index contributed by atoms with van der Waals surface area (Å²) in [7, 11) is 0. The third-order valence-electron chi connectivity index (χ3n) is 3.45. The minimum Gasteiger partial charge on any atom is -0.492 e. The Hall–Kier alpha value is -1.76. The van der Waals surface area contributed by atoms with Crippen LogP contribution < -0.4 is 15.8 Å². The molecular formula is C14H17F3N2O2. The fourth-order valence-electron chi connectivity index (χ4n) is 2.30. The Morgan fingerprint density at radius 1 is 1.43 bits per heavy atom. The van der Waals surface area contributed by atoms with Gasteiger partial charge >= 0.3 is 6.18 Å². The van der Waals surface area contributed by atoms with Gasteiger partial charge in [0.1, 0.15) is 5.75 Å². The van der Waals surface area contributed by atoms with E-state index in [0.717, 1.165) is 44.1 Å². The topological polar surface area (TPSA) is 64.4 Å². The molecule has 4 nitrogen and oxygen atoms in total. The zero-order valence-electron chi connectivity index (χ0n) is 11.4. The lowest BCUT2D eigenvalue weighted by Crippen LogP contribution is -2.33. The SMILES string of the molecule is NC(=O)c1cc(C(F)(F)F)ccc1OCC1CCCNC1. The maximum absolute atomic E-state index is 12.6. The first kappa shape index (κ1) is 15.6. The van der Waals surface area contributed by atoms with Crippen LogP contribution >= 0.6 is 0 Å². The molecule has 1 heterocycles. The summed E-state index contributed by atoms with van der Waals surface area (Å²) in [5, 5.41) is 3.22. The quantitative estimate of drug-likeness (QED) is 0.896. The second kappa shape index (κ2) is 6.34. The molecule has 1 aromatic rings. The third kappa shape index (κ3) is 4.10. The molecule has 0 aliphatic carbocycles. The Kier molecular flexibility index (Phi) is 4.72. The average molecular weight is 302 g/mol. The Labute approximate surface area is 120 Å². The van der Waals surface area contributed by atoms with Gasteiger partial charge in [0.15, 0.2) is 0 Å². The van der Waals surface area contributed by atoms with Crippen molar-refractivity contribution in [2.24, 2.45) is 11.7 Å². The first-order chi connectivity index (χ1) is 9.88. The number of benzene rings is 1. The van der Waals surface area contributed by atoms with E-state index >= 15 is 0 Å². The van der Waals surface area contributed by atoms with Crippen molar-refractivity contribution in [2.75, 3.05) is 19.7 Å². The van der Waals surface area contributed by atoms with E-state index in [4.69, 9.17) is 10.5 Å². The molecule has 1 fully saturated rings. The molecule has 7 heteroatoms. The summed E-state index contributed by atoms with van der Waals surface area (Å²) in [5.74, 6) is -0.555. The van der Waals surface area contributed by atoms with E-state index in [1.165, 1.54) is 0 Å². The van der Waals surface area contributed by atoms with Crippen LogP contribution in [0.2, 0.25) is 0 Å². The van der Waals surface area contributed by atoms with Gasteiger partial charge in [0.05, 0.1) is 17.7 Å². The van der Waals surface area contributed by atoms with Crippen LogP contribution in [0.4, 0.5) is 13.2 Å². The van der Waals surface area contributed by atoms with Gasteiger partial charge < -0.3 is 15.8 Å². The highest BCUT2D eigenvalue weighted by atomic mass is 19.4. The number of alkyl halides is 3. The average Bonchev–Trinajstić information content (AvgIpc) is 2.45. The van der Waals surface area contributed by atoms with Crippen LogP contribution in [-0.2, 0) is 6.18 Å². The highest BCUT2D eigenvalue weighted by Crippen LogP contribution is 2.32. The number of carbonyl (C=O) groups excluding carboxylic acids is 1. The van der Waals surface area contributed by atoms with E-state index in [1.807, 2.05) is 0 Å². The number of hydrogen-bond acceptors (Lipinski definition) is 3. The normalized spacial score (nSPS) is 19.3. The third-order valence-corrected chi connectivity index (χ3v) is 3.45. The second-order valence-corrected chi connectivity index (χ2v) is 5.10. The number of ether oxygens (including phenoxy) is 1. The number of primary amides is 1. The van der Waals surface area contributed by atoms with Crippen LogP contribution in [-0.4, -0.2) is 25.6 Å². The van der Waals surface area contributed by atoms with E-state index in [-0.39, 0.29) is 17.2 Å². The number of nitrogens with one attached hydrogen (secondary N) is 1. The number of halogens is 3. The summed E-state index contributed by atoms with van der Waals surface area (Å²) in [6.45, 7) is 2.11. The lowest BCUT2D eigenvalue weighted by atomic mass is 10.0. The van der Waals surface area contributed by atoms with Crippen LogP contribution in [0.25, 0.3) is 0 Å². The van der Waals surface area contributed by atoms with E-state index in [1.54, 1.807) is 0 Å². The fraction of sp³-hybridized carbons (Fsp3) is 0.500. The Bertz CT molecular complexity index is 511. The summed E-state index contributed by atoms with van der Waals surface area (Å²) < 4.78 is 43.4. The Balaban J connectivity index is 2.12. The minimum atomic E-state index is -4.52. The van der Waals surface area contributed by atoms with Crippen molar-refractivity contribution in [3.8, 4) is 5.75 Å². The molecule has 0 bridgehead atoms. The van der Waals surface area contributed by atoms with Crippen molar-refractivity contribution in [1.29, 1.82) is 0 Å². The first-order valence-electron chi connectivity index (χ1n) is 6.72. The molecule has 0 spiro atoms. The van der Waals surface area contributed by atoms with Gasteiger partial charge in [-0.15, -0.1) is 0 Å². The van der Waals surface area contributed by atoms with Crippen molar-refractivity contribution in [3.05, 3.63) is 29.3 Å². The molecule has 1 aliphatic heterocycles. The monoisotopic (exact) mass is 302 g/mol. The number of hydrogen-bond donors (Lipinski definition) is 2. The summed E-state index contributed by atoms with van der Waals surface area (Å²) in [6.07, 6.45) is -2.50. The maximum Gasteiger partial charge on any atom is 0.416 e. The molecule has 0 saturated carbocycles. The molecule has 1 aromatic carbocycles. The summed E-state index contributed by atoms with van der Waals surface area (Å²) in [4.78, 5) is 11.3. The molecule has 1 aliphatic rings. The van der Waals surface area contributed by atoms with Crippen molar-refractivity contribution in [2.45, 2.75) is 19.0 Å². The number of amides is 1. The molecule has 0 aromatic heterocycles. The molecule has 3 N–H and O–H groups in total. The van der Waals surface area contributed by atoms with Gasteiger partial charge in [-0.25, -0.2) is 0 Å². The highest BCUT2D eigenvalue weighted by molar-refractivity contribution is 5.95. The van der Waals surface area contributed by atoms with Gasteiger partial charge in [-0.1, -0.05) is 0 Å². The molecule has 21 heavy (non-hydrogen) atoms. The van der Waals surface area contributed by atoms with Gasteiger partial charge in [-0.2, -0.15) is 13.2 Å². The van der Waals surface area contributed by atoms with Gasteiger partial charge in [-0.3, -0.25) is 4.79 Å². The molecule has 116 valence electrons. The second-order valence-electron chi connectivity index (χ2n) is 5.10. The minimum absolute atomic E-state index is 0.0982. The lowest BCUT2D eigenvalue weighted by Gasteiger charge is -2.23. The Morgan fingerprint density at radius 2 is 2.19 bits per heavy atom. The van der Waals surface area contributed by atoms with Crippen molar-refractivity contribution in [1.82, 2.24) is 5.32 Å². The van der Waals surface area contributed by atoms with Crippen LogP contribution in [0.3, 0.4) is 0 Å². The van der Waals surface area contributed by atoms with E-state index in [2.05, 4.69) is 5.32 Å². The van der Waals surface area contributed by atoms with Crippen molar-refractivity contribution >= 4 is 5.91 Å². The predicted octanol–water partition coefficient (Wildman–Crippen LogP) is 2.18. The van der Waals surface area contributed by atoms with Crippen LogP contribution in [0.5, 0.6) is 5.75 Å². The van der Waals surface area contributed by atoms with Gasteiger partial charge in [0, 0.05) is 12.5 Å². The first-order valence-corrected chi connectivity index (χ1v) is 6.72. The van der Waals surface area contributed by atoms with Crippen LogP contribution in [0.15, 0.2) is 18.2 Å². The fourth-order valence-corrected chi connectivity index (χ4v) is 2.30. The summed E-state index contributed by atoms with van der Waals surface area (Å²) >= 11 is 0. The van der Waals surface area contributed by atoms with Crippen molar-refractivity contribution < 1.29 is 22.7 Å². The molecule has 1 unspecified atom stereocenters. The Morgan fingerprint density at radius 3 is 2.76 bits per heavy atom. The van der Waals surface area contributed by atoms with Crippen molar-refractivity contribution in [3.63, 3.8) is 0 Å². The summed E-state index contributed by atoms with van der Waals surface area (Å²) in [6, 6.07) is 2.77. The number of rotatable bonds is 4. The van der Waals surface area contributed by atoms with Gasteiger partial charge in [-0.05, 0) is 37.6 Å². The van der Waals surface area contributed by atoms with E-state index in [0.29, 0.717) is 6.61 Å². The van der Waals surface area contributed by atoms with Gasteiger partial charge in [0.25, 0.3) is 5.91 Å². The number of piperidine rings is 1. The highest BCUT2D eigenvalue weighted by Gasteiger charge is 2.31. The van der Waals surface area contributed by atoms with E-state index < -0.39 is 17.6 Å². The maximum atomic E-state index is 12.6. The predicted molar refractivity (Wildman–Crippen MR) is 71.1 cm³/mol. The van der Waals surface area contributed by atoms with Gasteiger partial charge in [0.2, 0.25) is 0 Å². The number of nitrogens with two attached hydrogens (primary N) is 1. The van der Waals surface area contributed by atoms with Crippen LogP contribution in [0, 0.1) is 5.92 Å². The van der Waals surface area contributed by atoms with Crippen LogP contribution in [0.1, 0.15) is 28.8 Å². The zero-order chi connectivity index (χ0) is 15.5. The summed E-state index contributed by atoms with van der Waals surface area (Å²) in [5.41, 5.74) is 3.98. The molecular weight excluding hydrogens is 285 g/mol. The standard InChI is InChI=1S/C14H17F3N2O2/c15-14(16,17)10-3-4-12(11(6-10)13(18)20)21-8-9-2-1-5-19-7-9/h3-4,6,9,19H,1-2,5,7-8H2,(H2,18,20). The molecule has 1 amide bonds. The largest absolute Gasteiger partial charge is 0.492 e. The lowest BCUT2D eigenvalue weighted by molar-refractivity contribution is -0.137. The molecule has 1 atom stereocenters. The zero-order valence-corrected chi connectivity index (χ0v) is 11.4.